The second-order valence-electron chi connectivity index (χ2n) is 4.52. The topological polar surface area (TPSA) is 3.24 Å². The highest BCUT2D eigenvalue weighted by atomic mass is 127. The quantitative estimate of drug-likeness (QED) is 0.390. The molecule has 0 spiro atoms. The van der Waals surface area contributed by atoms with E-state index in [0.717, 1.165) is 25.4 Å². The molecule has 1 nitrogen and oxygen atoms in total. The third-order valence-corrected chi connectivity index (χ3v) is 3.56. The monoisotopic (exact) mass is 321 g/mol. The van der Waals surface area contributed by atoms with Gasteiger partial charge in [0.15, 0.2) is 0 Å². The highest BCUT2D eigenvalue weighted by Crippen LogP contribution is 2.17. The van der Waals surface area contributed by atoms with Crippen molar-refractivity contribution in [3.63, 3.8) is 0 Å². The minimum atomic E-state index is 0.563. The molecular weight excluding hydrogens is 297 g/mol. The van der Waals surface area contributed by atoms with Gasteiger partial charge < -0.3 is 4.90 Å². The van der Waals surface area contributed by atoms with Gasteiger partial charge in [-0.25, -0.2) is 0 Å². The fourth-order valence-electron chi connectivity index (χ4n) is 1.56. The normalized spacial score (nSPS) is 14.1. The number of allylic oxidation sites excluding steroid dienone is 2. The average Bonchev–Trinajstić information content (AvgIpc) is 2.12. The van der Waals surface area contributed by atoms with Gasteiger partial charge in [-0.05, 0) is 26.3 Å². The van der Waals surface area contributed by atoms with E-state index >= 15 is 0 Å². The summed E-state index contributed by atoms with van der Waals surface area (Å²) in [6.07, 6.45) is 5.42. The molecule has 0 aliphatic carbocycles. The molecule has 0 aromatic rings. The Labute approximate surface area is 109 Å². The number of alkyl halides is 1. The van der Waals surface area contributed by atoms with Crippen molar-refractivity contribution in [2.75, 3.05) is 20.1 Å². The van der Waals surface area contributed by atoms with E-state index < -0.39 is 0 Å². The summed E-state index contributed by atoms with van der Waals surface area (Å²) in [7, 11) is 2.17. The van der Waals surface area contributed by atoms with Crippen LogP contribution in [-0.2, 0) is 0 Å². The van der Waals surface area contributed by atoms with Crippen molar-refractivity contribution in [2.45, 2.75) is 31.1 Å². The molecule has 0 bridgehead atoms. The molecule has 0 saturated carbocycles. The molecule has 0 amide bonds. The second kappa shape index (κ2) is 8.34. The molecule has 88 valence electrons. The Balaban J connectivity index is 3.90. The standard InChI is InChI=1S/C13H24IN/c1-6-7-8-13(14)12(4)10-15(5)9-11(2)3/h6-7,11,13H,4,8-10H2,1-3,5H3/b7-6-. The van der Waals surface area contributed by atoms with Gasteiger partial charge in [0.2, 0.25) is 0 Å². The molecule has 0 saturated heterocycles. The molecular formula is C13H24IN. The summed E-state index contributed by atoms with van der Waals surface area (Å²) in [5.41, 5.74) is 1.33. The smallest absolute Gasteiger partial charge is 0.0363 e. The first-order valence-electron chi connectivity index (χ1n) is 5.58. The van der Waals surface area contributed by atoms with Gasteiger partial charge in [0.25, 0.3) is 0 Å². The van der Waals surface area contributed by atoms with Crippen molar-refractivity contribution in [2.24, 2.45) is 5.92 Å². The van der Waals surface area contributed by atoms with Gasteiger partial charge in [0, 0.05) is 17.0 Å². The first-order chi connectivity index (χ1) is 6.97. The lowest BCUT2D eigenvalue weighted by Crippen LogP contribution is -2.27. The Morgan fingerprint density at radius 3 is 2.53 bits per heavy atom. The van der Waals surface area contributed by atoms with Gasteiger partial charge >= 0.3 is 0 Å². The molecule has 0 N–H and O–H groups in total. The Morgan fingerprint density at radius 2 is 2.07 bits per heavy atom. The Hall–Kier alpha value is 0.170. The van der Waals surface area contributed by atoms with E-state index in [9.17, 15) is 0 Å². The maximum Gasteiger partial charge on any atom is 0.0363 e. The number of rotatable bonds is 7. The lowest BCUT2D eigenvalue weighted by Gasteiger charge is -2.22. The van der Waals surface area contributed by atoms with Crippen LogP contribution in [0.4, 0.5) is 0 Å². The van der Waals surface area contributed by atoms with E-state index in [0.29, 0.717) is 3.92 Å². The summed E-state index contributed by atoms with van der Waals surface area (Å²) in [5, 5.41) is 0. The molecule has 0 fully saturated rings. The predicted octanol–water partition coefficient (Wildman–Crippen LogP) is 3.90. The van der Waals surface area contributed by atoms with Crippen LogP contribution in [0.2, 0.25) is 0 Å². The van der Waals surface area contributed by atoms with E-state index in [4.69, 9.17) is 0 Å². The van der Waals surface area contributed by atoms with Crippen LogP contribution in [0.15, 0.2) is 24.3 Å². The van der Waals surface area contributed by atoms with Crippen LogP contribution in [0.5, 0.6) is 0 Å². The van der Waals surface area contributed by atoms with Gasteiger partial charge in [0.1, 0.15) is 0 Å². The van der Waals surface area contributed by atoms with Crippen LogP contribution in [0.1, 0.15) is 27.2 Å². The minimum absolute atomic E-state index is 0.563. The molecule has 0 aromatic heterocycles. The Morgan fingerprint density at radius 1 is 1.47 bits per heavy atom. The van der Waals surface area contributed by atoms with E-state index in [1.54, 1.807) is 0 Å². The van der Waals surface area contributed by atoms with E-state index in [-0.39, 0.29) is 0 Å². The average molecular weight is 321 g/mol. The zero-order valence-corrected chi connectivity index (χ0v) is 12.6. The van der Waals surface area contributed by atoms with Crippen LogP contribution in [-0.4, -0.2) is 29.0 Å². The van der Waals surface area contributed by atoms with Crippen molar-refractivity contribution >= 4 is 22.6 Å². The Bertz CT molecular complexity index is 209. The molecule has 0 aliphatic heterocycles. The first-order valence-corrected chi connectivity index (χ1v) is 6.83. The fraction of sp³-hybridized carbons (Fsp3) is 0.692. The maximum atomic E-state index is 4.17. The number of nitrogens with zero attached hydrogens (tertiary/aromatic N) is 1. The summed E-state index contributed by atoms with van der Waals surface area (Å²) in [6, 6.07) is 0. The van der Waals surface area contributed by atoms with Gasteiger partial charge in [-0.15, -0.1) is 0 Å². The highest BCUT2D eigenvalue weighted by Gasteiger charge is 2.09. The zero-order valence-electron chi connectivity index (χ0n) is 10.5. The van der Waals surface area contributed by atoms with Gasteiger partial charge in [0.05, 0.1) is 0 Å². The molecule has 0 rings (SSSR count). The van der Waals surface area contributed by atoms with Crippen LogP contribution in [0, 0.1) is 5.92 Å². The molecule has 0 radical (unpaired) electrons. The second-order valence-corrected chi connectivity index (χ2v) is 6.02. The van der Waals surface area contributed by atoms with Crippen LogP contribution in [0.25, 0.3) is 0 Å². The number of likely N-dealkylation sites (N-methyl/N-ethyl adjacent to an activating group) is 1. The van der Waals surface area contributed by atoms with Crippen LogP contribution >= 0.6 is 22.6 Å². The van der Waals surface area contributed by atoms with Crippen molar-refractivity contribution in [3.05, 3.63) is 24.3 Å². The number of hydrogen-bond acceptors (Lipinski definition) is 1. The molecule has 0 heterocycles. The predicted molar refractivity (Wildman–Crippen MR) is 78.7 cm³/mol. The van der Waals surface area contributed by atoms with Crippen molar-refractivity contribution < 1.29 is 0 Å². The molecule has 0 aliphatic rings. The minimum Gasteiger partial charge on any atom is -0.302 e. The van der Waals surface area contributed by atoms with E-state index in [1.165, 1.54) is 5.57 Å². The Kier molecular flexibility index (Phi) is 8.43. The fourth-order valence-corrected chi connectivity index (χ4v) is 2.05. The molecule has 1 unspecified atom stereocenters. The van der Waals surface area contributed by atoms with Crippen LogP contribution in [0.3, 0.4) is 0 Å². The number of halogens is 1. The van der Waals surface area contributed by atoms with Gasteiger partial charge in [-0.3, -0.25) is 0 Å². The summed E-state index contributed by atoms with van der Waals surface area (Å²) in [6.45, 7) is 12.9. The lowest BCUT2D eigenvalue weighted by atomic mass is 10.1. The van der Waals surface area contributed by atoms with Gasteiger partial charge in [-0.2, -0.15) is 0 Å². The van der Waals surface area contributed by atoms with E-state index in [2.05, 4.69) is 74.0 Å². The largest absolute Gasteiger partial charge is 0.302 e. The van der Waals surface area contributed by atoms with E-state index in [1.807, 2.05) is 0 Å². The molecule has 0 aromatic carbocycles. The third-order valence-electron chi connectivity index (χ3n) is 2.17. The van der Waals surface area contributed by atoms with Crippen molar-refractivity contribution in [3.8, 4) is 0 Å². The molecule has 2 heteroatoms. The third kappa shape index (κ3) is 8.03. The maximum absolute atomic E-state index is 4.17. The summed E-state index contributed by atoms with van der Waals surface area (Å²) in [4.78, 5) is 2.36. The summed E-state index contributed by atoms with van der Waals surface area (Å²) in [5.74, 6) is 0.728. The molecule has 1 atom stereocenters. The van der Waals surface area contributed by atoms with Crippen molar-refractivity contribution in [1.82, 2.24) is 4.90 Å². The van der Waals surface area contributed by atoms with Gasteiger partial charge in [-0.1, -0.05) is 60.7 Å². The first kappa shape index (κ1) is 15.2. The highest BCUT2D eigenvalue weighted by molar-refractivity contribution is 14.1. The lowest BCUT2D eigenvalue weighted by molar-refractivity contribution is 0.316. The zero-order chi connectivity index (χ0) is 11.8. The van der Waals surface area contributed by atoms with Crippen molar-refractivity contribution in [1.29, 1.82) is 0 Å². The van der Waals surface area contributed by atoms with Crippen LogP contribution < -0.4 is 0 Å². The summed E-state index contributed by atoms with van der Waals surface area (Å²) < 4.78 is 0.563. The number of hydrogen-bond donors (Lipinski definition) is 0. The SMILES string of the molecule is C=C(CN(C)CC(C)C)C(I)C/C=C\C. The molecule has 15 heavy (non-hydrogen) atoms. The summed E-state index contributed by atoms with van der Waals surface area (Å²) >= 11 is 2.48.